The summed E-state index contributed by atoms with van der Waals surface area (Å²) in [5.41, 5.74) is 0.675. The molecule has 0 aliphatic heterocycles. The van der Waals surface area contributed by atoms with E-state index in [0.29, 0.717) is 12.0 Å². The maximum Gasteiger partial charge on any atom is 0.222 e. The molecule has 3 nitrogen and oxygen atoms in total. The lowest BCUT2D eigenvalue weighted by atomic mass is 10.2. The lowest BCUT2D eigenvalue weighted by molar-refractivity contribution is -0.128. The fourth-order valence-corrected chi connectivity index (χ4v) is 1.96. The van der Waals surface area contributed by atoms with Crippen LogP contribution in [0.15, 0.2) is 29.2 Å². The standard InChI is InChI=1S/C12H15NO2S/c1-13(2)12(15)7-8-16-11-5-3-10(9-14)4-6-11/h3-6,9H,7-8H2,1-2H3. The van der Waals surface area contributed by atoms with Crippen molar-refractivity contribution in [3.63, 3.8) is 0 Å². The van der Waals surface area contributed by atoms with E-state index in [-0.39, 0.29) is 5.91 Å². The number of amides is 1. The highest BCUT2D eigenvalue weighted by atomic mass is 32.2. The molecule has 16 heavy (non-hydrogen) atoms. The van der Waals surface area contributed by atoms with Crippen LogP contribution in [0.25, 0.3) is 0 Å². The van der Waals surface area contributed by atoms with Crippen molar-refractivity contribution < 1.29 is 9.59 Å². The number of carbonyl (C=O) groups excluding carboxylic acids is 2. The molecule has 4 heteroatoms. The molecule has 0 bridgehead atoms. The van der Waals surface area contributed by atoms with E-state index in [4.69, 9.17) is 0 Å². The number of rotatable bonds is 5. The Morgan fingerprint density at radius 3 is 2.44 bits per heavy atom. The van der Waals surface area contributed by atoms with Gasteiger partial charge in [-0.05, 0) is 12.1 Å². The Kier molecular flexibility index (Phi) is 5.05. The van der Waals surface area contributed by atoms with Crippen molar-refractivity contribution in [1.82, 2.24) is 4.90 Å². The van der Waals surface area contributed by atoms with Gasteiger partial charge in [-0.15, -0.1) is 11.8 Å². The van der Waals surface area contributed by atoms with Crippen LogP contribution in [0.2, 0.25) is 0 Å². The third-order valence-corrected chi connectivity index (χ3v) is 3.11. The summed E-state index contributed by atoms with van der Waals surface area (Å²) in [6, 6.07) is 7.36. The van der Waals surface area contributed by atoms with Crippen molar-refractivity contribution in [3.05, 3.63) is 29.8 Å². The molecule has 0 saturated heterocycles. The summed E-state index contributed by atoms with van der Waals surface area (Å²) in [6.45, 7) is 0. The third kappa shape index (κ3) is 4.06. The molecule has 86 valence electrons. The second kappa shape index (κ2) is 6.33. The predicted molar refractivity (Wildman–Crippen MR) is 65.9 cm³/mol. The Bertz CT molecular complexity index is 360. The van der Waals surface area contributed by atoms with Crippen LogP contribution in [0.5, 0.6) is 0 Å². The largest absolute Gasteiger partial charge is 0.349 e. The molecule has 1 amide bonds. The first-order chi connectivity index (χ1) is 7.63. The number of carbonyl (C=O) groups is 2. The number of thioether (sulfide) groups is 1. The van der Waals surface area contributed by atoms with E-state index in [1.807, 2.05) is 12.1 Å². The van der Waals surface area contributed by atoms with E-state index in [9.17, 15) is 9.59 Å². The van der Waals surface area contributed by atoms with Crippen LogP contribution in [0, 0.1) is 0 Å². The maximum absolute atomic E-state index is 11.3. The zero-order chi connectivity index (χ0) is 12.0. The van der Waals surface area contributed by atoms with E-state index < -0.39 is 0 Å². The van der Waals surface area contributed by atoms with Crippen LogP contribution < -0.4 is 0 Å². The van der Waals surface area contributed by atoms with Gasteiger partial charge in [0.25, 0.3) is 0 Å². The number of aldehydes is 1. The second-order valence-corrected chi connectivity index (χ2v) is 4.74. The average molecular weight is 237 g/mol. The van der Waals surface area contributed by atoms with Gasteiger partial charge in [-0.2, -0.15) is 0 Å². The quantitative estimate of drug-likeness (QED) is 0.581. The van der Waals surface area contributed by atoms with E-state index in [1.165, 1.54) is 0 Å². The first kappa shape index (κ1) is 12.8. The van der Waals surface area contributed by atoms with Gasteiger partial charge in [0.15, 0.2) is 0 Å². The van der Waals surface area contributed by atoms with Gasteiger partial charge in [-0.25, -0.2) is 0 Å². The molecule has 0 spiro atoms. The summed E-state index contributed by atoms with van der Waals surface area (Å²) in [5, 5.41) is 0. The van der Waals surface area contributed by atoms with Gasteiger partial charge < -0.3 is 4.90 Å². The summed E-state index contributed by atoms with van der Waals surface area (Å²) >= 11 is 1.62. The first-order valence-corrected chi connectivity index (χ1v) is 6.00. The van der Waals surface area contributed by atoms with E-state index in [0.717, 1.165) is 16.9 Å². The lowest BCUT2D eigenvalue weighted by Crippen LogP contribution is -2.21. The number of hydrogen-bond acceptors (Lipinski definition) is 3. The average Bonchev–Trinajstić information content (AvgIpc) is 2.29. The smallest absolute Gasteiger partial charge is 0.222 e. The van der Waals surface area contributed by atoms with Crippen molar-refractivity contribution >= 4 is 24.0 Å². The molecule has 1 rings (SSSR count). The molecule has 1 aromatic rings. The van der Waals surface area contributed by atoms with Gasteiger partial charge in [0.05, 0.1) is 0 Å². The van der Waals surface area contributed by atoms with Crippen molar-refractivity contribution in [3.8, 4) is 0 Å². The van der Waals surface area contributed by atoms with Gasteiger partial charge in [0.1, 0.15) is 6.29 Å². The van der Waals surface area contributed by atoms with Crippen LogP contribution in [-0.4, -0.2) is 36.9 Å². The summed E-state index contributed by atoms with van der Waals surface area (Å²) in [5.74, 6) is 0.897. The molecule has 0 saturated carbocycles. The summed E-state index contributed by atoms with van der Waals surface area (Å²) in [7, 11) is 3.51. The molecule has 0 aliphatic carbocycles. The minimum absolute atomic E-state index is 0.136. The Morgan fingerprint density at radius 2 is 1.94 bits per heavy atom. The highest BCUT2D eigenvalue weighted by molar-refractivity contribution is 7.99. The Morgan fingerprint density at radius 1 is 1.31 bits per heavy atom. The first-order valence-electron chi connectivity index (χ1n) is 5.01. The number of benzene rings is 1. The number of hydrogen-bond donors (Lipinski definition) is 0. The normalized spacial score (nSPS) is 9.88. The number of nitrogens with zero attached hydrogens (tertiary/aromatic N) is 1. The van der Waals surface area contributed by atoms with E-state index in [1.54, 1.807) is 42.9 Å². The molecular weight excluding hydrogens is 222 g/mol. The molecule has 1 aromatic carbocycles. The van der Waals surface area contributed by atoms with Crippen molar-refractivity contribution in [2.24, 2.45) is 0 Å². The second-order valence-electron chi connectivity index (χ2n) is 3.57. The van der Waals surface area contributed by atoms with Crippen LogP contribution in [0.3, 0.4) is 0 Å². The third-order valence-electron chi connectivity index (χ3n) is 2.10. The van der Waals surface area contributed by atoms with Crippen molar-refractivity contribution in [1.29, 1.82) is 0 Å². The molecular formula is C12H15NO2S. The minimum Gasteiger partial charge on any atom is -0.349 e. The topological polar surface area (TPSA) is 37.4 Å². The van der Waals surface area contributed by atoms with Crippen molar-refractivity contribution in [2.75, 3.05) is 19.8 Å². The molecule has 0 N–H and O–H groups in total. The minimum atomic E-state index is 0.136. The van der Waals surface area contributed by atoms with Crippen molar-refractivity contribution in [2.45, 2.75) is 11.3 Å². The van der Waals surface area contributed by atoms with Crippen LogP contribution in [0.1, 0.15) is 16.8 Å². The van der Waals surface area contributed by atoms with Gasteiger partial charge in [0, 0.05) is 36.7 Å². The highest BCUT2D eigenvalue weighted by Gasteiger charge is 2.03. The van der Waals surface area contributed by atoms with E-state index >= 15 is 0 Å². The van der Waals surface area contributed by atoms with Gasteiger partial charge in [-0.3, -0.25) is 9.59 Å². The molecule has 0 unspecified atom stereocenters. The summed E-state index contributed by atoms with van der Waals surface area (Å²) in [4.78, 5) is 24.4. The zero-order valence-corrected chi connectivity index (χ0v) is 10.3. The Hall–Kier alpha value is -1.29. The molecule has 0 atom stereocenters. The summed E-state index contributed by atoms with van der Waals surface area (Å²) < 4.78 is 0. The molecule has 0 fully saturated rings. The lowest BCUT2D eigenvalue weighted by Gasteiger charge is -2.09. The fourth-order valence-electron chi connectivity index (χ4n) is 1.12. The maximum atomic E-state index is 11.3. The van der Waals surface area contributed by atoms with E-state index in [2.05, 4.69) is 0 Å². The SMILES string of the molecule is CN(C)C(=O)CCSc1ccc(C=O)cc1. The van der Waals surface area contributed by atoms with Crippen LogP contribution in [0.4, 0.5) is 0 Å². The van der Waals surface area contributed by atoms with Gasteiger partial charge in [-0.1, -0.05) is 12.1 Å². The molecule has 0 aliphatic rings. The van der Waals surface area contributed by atoms with Gasteiger partial charge >= 0.3 is 0 Å². The molecule has 0 heterocycles. The van der Waals surface area contributed by atoms with Crippen LogP contribution >= 0.6 is 11.8 Å². The Balaban J connectivity index is 2.37. The van der Waals surface area contributed by atoms with Crippen LogP contribution in [-0.2, 0) is 4.79 Å². The predicted octanol–water partition coefficient (Wildman–Crippen LogP) is 2.07. The zero-order valence-electron chi connectivity index (χ0n) is 9.47. The molecule has 0 aromatic heterocycles. The highest BCUT2D eigenvalue weighted by Crippen LogP contribution is 2.18. The van der Waals surface area contributed by atoms with Gasteiger partial charge in [0.2, 0.25) is 5.91 Å². The molecule has 0 radical (unpaired) electrons. The monoisotopic (exact) mass is 237 g/mol. The summed E-state index contributed by atoms with van der Waals surface area (Å²) in [6.07, 6.45) is 1.36. The Labute approximate surface area is 99.8 Å². The fraction of sp³-hybridized carbons (Fsp3) is 0.333.